The molecule has 0 heterocycles. The van der Waals surface area contributed by atoms with E-state index in [1.165, 1.54) is 11.8 Å². The average Bonchev–Trinajstić information content (AvgIpc) is 3.31. The second-order valence-corrected chi connectivity index (χ2v) is 11.7. The summed E-state index contributed by atoms with van der Waals surface area (Å²) in [6.07, 6.45) is 5.98. The van der Waals surface area contributed by atoms with E-state index in [-0.39, 0.29) is 12.3 Å². The van der Waals surface area contributed by atoms with E-state index in [9.17, 15) is 19.8 Å². The van der Waals surface area contributed by atoms with E-state index in [0.29, 0.717) is 16.5 Å². The van der Waals surface area contributed by atoms with Gasteiger partial charge in [-0.15, -0.1) is 0 Å². The number of hydrogen-bond acceptors (Lipinski definition) is 3. The van der Waals surface area contributed by atoms with Gasteiger partial charge >= 0.3 is 11.9 Å². The average molecular weight is 519 g/mol. The van der Waals surface area contributed by atoms with Gasteiger partial charge in [-0.3, -0.25) is 9.59 Å². The second kappa shape index (κ2) is 9.96. The summed E-state index contributed by atoms with van der Waals surface area (Å²) in [5.74, 6) is -2.39. The first kappa shape index (κ1) is 25.2. The number of halogens is 2. The zero-order chi connectivity index (χ0) is 24.5. The van der Waals surface area contributed by atoms with Gasteiger partial charge in [-0.05, 0) is 67.2 Å². The summed E-state index contributed by atoms with van der Waals surface area (Å²) in [6, 6.07) is 15.0. The van der Waals surface area contributed by atoms with E-state index < -0.39 is 28.7 Å². The van der Waals surface area contributed by atoms with Gasteiger partial charge in [0.2, 0.25) is 0 Å². The van der Waals surface area contributed by atoms with Crippen LogP contribution in [0.5, 0.6) is 0 Å². The molecule has 0 bridgehead atoms. The van der Waals surface area contributed by atoms with E-state index in [1.807, 2.05) is 36.4 Å². The normalized spacial score (nSPS) is 27.4. The molecule has 0 aromatic heterocycles. The molecule has 34 heavy (non-hydrogen) atoms. The smallest absolute Gasteiger partial charge is 0.313 e. The minimum Gasteiger partial charge on any atom is -0.481 e. The molecular weight excluding hydrogens is 491 g/mol. The van der Waals surface area contributed by atoms with E-state index in [2.05, 4.69) is 0 Å². The Hall–Kier alpha value is -1.95. The summed E-state index contributed by atoms with van der Waals surface area (Å²) in [5.41, 5.74) is -1.46. The number of allylic oxidation sites excluding steroid dienone is 1. The molecule has 2 aliphatic carbocycles. The third kappa shape index (κ3) is 4.89. The zero-order valence-corrected chi connectivity index (χ0v) is 21.3. The Morgan fingerprint density at radius 1 is 1.00 bits per heavy atom. The van der Waals surface area contributed by atoms with Crippen LogP contribution in [0.4, 0.5) is 0 Å². The number of carboxylic acids is 2. The van der Waals surface area contributed by atoms with E-state index in [0.717, 1.165) is 41.0 Å². The van der Waals surface area contributed by atoms with Crippen molar-refractivity contribution >= 4 is 46.9 Å². The van der Waals surface area contributed by atoms with Crippen molar-refractivity contribution in [1.82, 2.24) is 0 Å². The fourth-order valence-corrected chi connectivity index (χ4v) is 7.74. The topological polar surface area (TPSA) is 74.6 Å². The maximum absolute atomic E-state index is 12.9. The first-order valence-electron chi connectivity index (χ1n) is 11.5. The van der Waals surface area contributed by atoms with Crippen LogP contribution >= 0.6 is 35.0 Å². The van der Waals surface area contributed by atoms with Crippen molar-refractivity contribution in [3.05, 3.63) is 75.1 Å². The van der Waals surface area contributed by atoms with Gasteiger partial charge in [0, 0.05) is 20.9 Å². The Labute approximate surface area is 214 Å². The zero-order valence-electron chi connectivity index (χ0n) is 19.0. The lowest BCUT2D eigenvalue weighted by atomic mass is 9.56. The third-order valence-corrected chi connectivity index (χ3v) is 9.04. The largest absolute Gasteiger partial charge is 0.481 e. The van der Waals surface area contributed by atoms with Crippen LogP contribution < -0.4 is 0 Å². The highest BCUT2D eigenvalue weighted by atomic mass is 35.5. The molecule has 4 nitrogen and oxygen atoms in total. The van der Waals surface area contributed by atoms with Crippen molar-refractivity contribution in [1.29, 1.82) is 0 Å². The number of hydrogen-bond donors (Lipinski definition) is 2. The molecule has 2 aliphatic rings. The molecule has 3 atom stereocenters. The quantitative estimate of drug-likeness (QED) is 0.394. The Balaban J connectivity index is 1.88. The molecule has 0 radical (unpaired) electrons. The molecule has 180 valence electrons. The lowest BCUT2D eigenvalue weighted by Crippen LogP contribution is -2.50. The minimum atomic E-state index is -1.25. The fraction of sp³-hybridized carbons (Fsp3) is 0.407. The fourth-order valence-electron chi connectivity index (χ4n) is 5.69. The van der Waals surface area contributed by atoms with Gasteiger partial charge in [0.15, 0.2) is 0 Å². The first-order valence-corrected chi connectivity index (χ1v) is 13.1. The summed E-state index contributed by atoms with van der Waals surface area (Å²) in [7, 11) is 0. The van der Waals surface area contributed by atoms with Crippen LogP contribution in [0.3, 0.4) is 0 Å². The molecule has 7 heteroatoms. The predicted molar refractivity (Wildman–Crippen MR) is 136 cm³/mol. The first-order chi connectivity index (χ1) is 16.1. The molecule has 0 spiro atoms. The van der Waals surface area contributed by atoms with Gasteiger partial charge in [0.05, 0.1) is 10.8 Å². The number of thioether (sulfide) groups is 1. The van der Waals surface area contributed by atoms with Crippen molar-refractivity contribution in [3.63, 3.8) is 0 Å². The van der Waals surface area contributed by atoms with Crippen LogP contribution in [0.1, 0.15) is 44.6 Å². The molecule has 2 N–H and O–H groups in total. The molecule has 4 rings (SSSR count). The highest BCUT2D eigenvalue weighted by Crippen LogP contribution is 2.59. The summed E-state index contributed by atoms with van der Waals surface area (Å²) in [4.78, 5) is 27.2. The maximum atomic E-state index is 12.9. The van der Waals surface area contributed by atoms with Gasteiger partial charge < -0.3 is 10.2 Å². The molecule has 0 saturated heterocycles. The maximum Gasteiger partial charge on any atom is 0.313 e. The standard InChI is InChI=1S/C27H28Cl2O4S/c1-26(24(30)31)16-27(25(32)33,18-9-5-6-10-18)15-23(22(26)11-17-7-3-2-4-8-17)34-21-13-19(28)12-20(29)14-21/h2-4,7-8,12-15,18,22H,5-6,9-11,16H2,1H3,(H,30,31)(H,32,33). The predicted octanol–water partition coefficient (Wildman–Crippen LogP) is 7.58. The van der Waals surface area contributed by atoms with Crippen LogP contribution in [-0.2, 0) is 16.0 Å². The summed E-state index contributed by atoms with van der Waals surface area (Å²) < 4.78 is 0. The number of carbonyl (C=O) groups is 2. The Kier molecular flexibility index (Phi) is 7.37. The van der Waals surface area contributed by atoms with Crippen LogP contribution in [0.25, 0.3) is 0 Å². The number of aliphatic carboxylic acids is 2. The number of carboxylic acid groups (broad SMARTS) is 2. The lowest BCUT2D eigenvalue weighted by molar-refractivity contribution is -0.161. The minimum absolute atomic E-state index is 0.0766. The van der Waals surface area contributed by atoms with E-state index >= 15 is 0 Å². The molecule has 1 fully saturated rings. The summed E-state index contributed by atoms with van der Waals surface area (Å²) in [5, 5.41) is 22.0. The molecule has 2 aromatic rings. The molecule has 3 unspecified atom stereocenters. The van der Waals surface area contributed by atoms with Crippen molar-refractivity contribution < 1.29 is 19.8 Å². The Bertz CT molecular complexity index is 1090. The third-order valence-electron chi connectivity index (χ3n) is 7.50. The van der Waals surface area contributed by atoms with Gasteiger partial charge in [-0.25, -0.2) is 0 Å². The van der Waals surface area contributed by atoms with E-state index in [1.54, 1.807) is 25.1 Å². The Morgan fingerprint density at radius 3 is 2.18 bits per heavy atom. The van der Waals surface area contributed by atoms with Crippen molar-refractivity contribution in [2.75, 3.05) is 0 Å². The monoisotopic (exact) mass is 518 g/mol. The highest BCUT2D eigenvalue weighted by Gasteiger charge is 2.58. The molecule has 0 amide bonds. The van der Waals surface area contributed by atoms with Crippen LogP contribution in [0.15, 0.2) is 64.4 Å². The SMILES string of the molecule is CC1(C(=O)O)CC(C(=O)O)(C2CCCC2)C=C(Sc2cc(Cl)cc(Cl)c2)C1Cc1ccccc1. The second-order valence-electron chi connectivity index (χ2n) is 9.72. The molecule has 1 saturated carbocycles. The molecule has 0 aliphatic heterocycles. The number of benzene rings is 2. The highest BCUT2D eigenvalue weighted by molar-refractivity contribution is 8.03. The van der Waals surface area contributed by atoms with E-state index in [4.69, 9.17) is 23.2 Å². The summed E-state index contributed by atoms with van der Waals surface area (Å²) >= 11 is 13.9. The van der Waals surface area contributed by atoms with Crippen LogP contribution in [0, 0.1) is 22.7 Å². The Morgan fingerprint density at radius 2 is 1.62 bits per heavy atom. The number of rotatable bonds is 7. The molecular formula is C27H28Cl2O4S. The van der Waals surface area contributed by atoms with Gasteiger partial charge in [0.25, 0.3) is 0 Å². The molecule has 2 aromatic carbocycles. The van der Waals surface area contributed by atoms with Crippen molar-refractivity contribution in [2.24, 2.45) is 22.7 Å². The van der Waals surface area contributed by atoms with Gasteiger partial charge in [-0.1, -0.05) is 84.2 Å². The van der Waals surface area contributed by atoms with Crippen LogP contribution in [-0.4, -0.2) is 22.2 Å². The van der Waals surface area contributed by atoms with Crippen LogP contribution in [0.2, 0.25) is 10.0 Å². The van der Waals surface area contributed by atoms with Crippen molar-refractivity contribution in [2.45, 2.75) is 50.3 Å². The van der Waals surface area contributed by atoms with Gasteiger partial charge in [0.1, 0.15) is 0 Å². The van der Waals surface area contributed by atoms with Crippen molar-refractivity contribution in [3.8, 4) is 0 Å². The summed E-state index contributed by atoms with van der Waals surface area (Å²) in [6.45, 7) is 1.72. The lowest BCUT2D eigenvalue weighted by Gasteiger charge is -2.48. The van der Waals surface area contributed by atoms with Gasteiger partial charge in [-0.2, -0.15) is 0 Å².